The Bertz CT molecular complexity index is 248. The SMILES string of the molecule is CCOC(=O)C(C)(CC)CCOC1CCCCO1. The van der Waals surface area contributed by atoms with Gasteiger partial charge in [0, 0.05) is 6.61 Å². The lowest BCUT2D eigenvalue weighted by Crippen LogP contribution is -2.32. The second kappa shape index (κ2) is 7.74. The van der Waals surface area contributed by atoms with E-state index in [1.165, 1.54) is 0 Å². The molecular weight excluding hydrogens is 232 g/mol. The van der Waals surface area contributed by atoms with E-state index in [1.807, 2.05) is 20.8 Å². The quantitative estimate of drug-likeness (QED) is 0.659. The van der Waals surface area contributed by atoms with Crippen LogP contribution < -0.4 is 0 Å². The molecule has 0 N–H and O–H groups in total. The van der Waals surface area contributed by atoms with Gasteiger partial charge < -0.3 is 14.2 Å². The minimum absolute atomic E-state index is 0.0814. The van der Waals surface area contributed by atoms with Gasteiger partial charge in [-0.1, -0.05) is 6.92 Å². The van der Waals surface area contributed by atoms with Gasteiger partial charge in [-0.15, -0.1) is 0 Å². The molecule has 0 aliphatic carbocycles. The number of esters is 1. The highest BCUT2D eigenvalue weighted by atomic mass is 16.7. The van der Waals surface area contributed by atoms with Crippen LogP contribution in [0.1, 0.15) is 52.9 Å². The summed E-state index contributed by atoms with van der Waals surface area (Å²) in [5.74, 6) is -0.124. The molecule has 1 saturated heterocycles. The minimum atomic E-state index is -0.440. The van der Waals surface area contributed by atoms with Crippen molar-refractivity contribution in [2.45, 2.75) is 59.2 Å². The van der Waals surface area contributed by atoms with Crippen LogP contribution in [-0.4, -0.2) is 32.1 Å². The maximum atomic E-state index is 11.9. The van der Waals surface area contributed by atoms with Gasteiger partial charge in [-0.3, -0.25) is 4.79 Å². The zero-order chi connectivity index (χ0) is 13.4. The Morgan fingerprint density at radius 2 is 2.17 bits per heavy atom. The van der Waals surface area contributed by atoms with Crippen molar-refractivity contribution in [1.82, 2.24) is 0 Å². The first-order chi connectivity index (χ1) is 8.62. The maximum absolute atomic E-state index is 11.9. The first-order valence-electron chi connectivity index (χ1n) is 7.03. The van der Waals surface area contributed by atoms with E-state index in [1.54, 1.807) is 0 Å². The lowest BCUT2D eigenvalue weighted by atomic mass is 9.84. The molecule has 0 aromatic heterocycles. The third kappa shape index (κ3) is 4.58. The van der Waals surface area contributed by atoms with E-state index in [4.69, 9.17) is 14.2 Å². The first-order valence-corrected chi connectivity index (χ1v) is 7.03. The molecule has 4 nitrogen and oxygen atoms in total. The van der Waals surface area contributed by atoms with Crippen LogP contribution >= 0.6 is 0 Å². The zero-order valence-electron chi connectivity index (χ0n) is 11.9. The summed E-state index contributed by atoms with van der Waals surface area (Å²) < 4.78 is 16.3. The van der Waals surface area contributed by atoms with Gasteiger partial charge in [-0.2, -0.15) is 0 Å². The van der Waals surface area contributed by atoms with E-state index in [2.05, 4.69) is 0 Å². The molecule has 0 bridgehead atoms. The predicted molar refractivity (Wildman–Crippen MR) is 69.2 cm³/mol. The molecule has 0 aromatic carbocycles. The Hall–Kier alpha value is -0.610. The van der Waals surface area contributed by atoms with Crippen molar-refractivity contribution in [3.05, 3.63) is 0 Å². The van der Waals surface area contributed by atoms with Crippen molar-refractivity contribution in [2.75, 3.05) is 19.8 Å². The molecule has 0 spiro atoms. The van der Waals surface area contributed by atoms with Gasteiger partial charge in [0.05, 0.1) is 18.6 Å². The summed E-state index contributed by atoms with van der Waals surface area (Å²) in [5.41, 5.74) is -0.440. The zero-order valence-corrected chi connectivity index (χ0v) is 11.9. The van der Waals surface area contributed by atoms with Gasteiger partial charge in [-0.25, -0.2) is 0 Å². The van der Waals surface area contributed by atoms with E-state index < -0.39 is 5.41 Å². The molecule has 2 atom stereocenters. The highest BCUT2D eigenvalue weighted by Gasteiger charge is 2.32. The summed E-state index contributed by atoms with van der Waals surface area (Å²) in [6.07, 6.45) is 4.61. The number of carbonyl (C=O) groups excluding carboxylic acids is 1. The van der Waals surface area contributed by atoms with Crippen LogP contribution in [0.2, 0.25) is 0 Å². The monoisotopic (exact) mass is 258 g/mol. The number of hydrogen-bond donors (Lipinski definition) is 0. The number of carbonyl (C=O) groups is 1. The van der Waals surface area contributed by atoms with Crippen molar-refractivity contribution in [1.29, 1.82) is 0 Å². The largest absolute Gasteiger partial charge is 0.466 e. The molecule has 1 heterocycles. The summed E-state index contributed by atoms with van der Waals surface area (Å²) in [7, 11) is 0. The lowest BCUT2D eigenvalue weighted by molar-refractivity contribution is -0.172. The molecule has 18 heavy (non-hydrogen) atoms. The molecule has 0 radical (unpaired) electrons. The Balaban J connectivity index is 2.31. The molecule has 2 unspecified atom stereocenters. The van der Waals surface area contributed by atoms with Gasteiger partial charge in [0.15, 0.2) is 6.29 Å². The molecule has 1 aliphatic rings. The second-order valence-corrected chi connectivity index (χ2v) is 5.05. The van der Waals surface area contributed by atoms with E-state index in [-0.39, 0.29) is 12.3 Å². The van der Waals surface area contributed by atoms with Crippen LogP contribution in [0.25, 0.3) is 0 Å². The fourth-order valence-electron chi connectivity index (χ4n) is 1.99. The third-order valence-electron chi connectivity index (χ3n) is 3.64. The van der Waals surface area contributed by atoms with Crippen molar-refractivity contribution < 1.29 is 19.0 Å². The normalized spacial score (nSPS) is 23.4. The number of hydrogen-bond acceptors (Lipinski definition) is 4. The van der Waals surface area contributed by atoms with Crippen LogP contribution in [0, 0.1) is 5.41 Å². The molecule has 0 aromatic rings. The molecular formula is C14H26O4. The van der Waals surface area contributed by atoms with Crippen molar-refractivity contribution in [2.24, 2.45) is 5.41 Å². The average Bonchev–Trinajstić information content (AvgIpc) is 2.40. The van der Waals surface area contributed by atoms with Crippen LogP contribution in [0.15, 0.2) is 0 Å². The molecule has 1 rings (SSSR count). The minimum Gasteiger partial charge on any atom is -0.466 e. The van der Waals surface area contributed by atoms with Crippen LogP contribution in [0.5, 0.6) is 0 Å². The summed E-state index contributed by atoms with van der Waals surface area (Å²) in [4.78, 5) is 11.9. The lowest BCUT2D eigenvalue weighted by Gasteiger charge is -2.28. The van der Waals surface area contributed by atoms with Gasteiger partial charge in [0.25, 0.3) is 0 Å². The van der Waals surface area contributed by atoms with Crippen LogP contribution in [0.4, 0.5) is 0 Å². The standard InChI is InChI=1S/C14H26O4/c1-4-14(3,13(15)16-5-2)9-11-18-12-8-6-7-10-17-12/h12H,4-11H2,1-3H3. The van der Waals surface area contributed by atoms with Crippen LogP contribution in [-0.2, 0) is 19.0 Å². The van der Waals surface area contributed by atoms with Crippen molar-refractivity contribution in [3.8, 4) is 0 Å². The van der Waals surface area contributed by atoms with Crippen molar-refractivity contribution >= 4 is 5.97 Å². The van der Waals surface area contributed by atoms with Crippen molar-refractivity contribution in [3.63, 3.8) is 0 Å². The number of rotatable bonds is 7. The fraction of sp³-hybridized carbons (Fsp3) is 0.929. The Morgan fingerprint density at radius 1 is 1.39 bits per heavy atom. The summed E-state index contributed by atoms with van der Waals surface area (Å²) in [6, 6.07) is 0. The summed E-state index contributed by atoms with van der Waals surface area (Å²) in [5, 5.41) is 0. The van der Waals surface area contributed by atoms with E-state index in [9.17, 15) is 4.79 Å². The molecule has 1 fully saturated rings. The predicted octanol–water partition coefficient (Wildman–Crippen LogP) is 2.90. The topological polar surface area (TPSA) is 44.8 Å². The van der Waals surface area contributed by atoms with Crippen LogP contribution in [0.3, 0.4) is 0 Å². The molecule has 106 valence electrons. The number of ether oxygens (including phenoxy) is 3. The Labute approximate surface area is 110 Å². The molecule has 0 amide bonds. The van der Waals surface area contributed by atoms with Gasteiger partial charge in [0.1, 0.15) is 0 Å². The van der Waals surface area contributed by atoms with Gasteiger partial charge in [0.2, 0.25) is 0 Å². The van der Waals surface area contributed by atoms with Gasteiger partial charge in [-0.05, 0) is 46.0 Å². The average molecular weight is 258 g/mol. The third-order valence-corrected chi connectivity index (χ3v) is 3.64. The molecule has 0 saturated carbocycles. The summed E-state index contributed by atoms with van der Waals surface area (Å²) in [6.45, 7) is 7.55. The highest BCUT2D eigenvalue weighted by molar-refractivity contribution is 5.76. The molecule has 1 aliphatic heterocycles. The van der Waals surface area contributed by atoms with Gasteiger partial charge >= 0.3 is 5.97 Å². The molecule has 4 heteroatoms. The Morgan fingerprint density at radius 3 is 2.72 bits per heavy atom. The van der Waals surface area contributed by atoms with E-state index in [0.717, 1.165) is 32.3 Å². The first kappa shape index (κ1) is 15.4. The maximum Gasteiger partial charge on any atom is 0.311 e. The van der Waals surface area contributed by atoms with E-state index >= 15 is 0 Å². The fourth-order valence-corrected chi connectivity index (χ4v) is 1.99. The summed E-state index contributed by atoms with van der Waals surface area (Å²) >= 11 is 0. The smallest absolute Gasteiger partial charge is 0.311 e. The van der Waals surface area contributed by atoms with E-state index in [0.29, 0.717) is 19.6 Å². The highest BCUT2D eigenvalue weighted by Crippen LogP contribution is 2.28. The Kier molecular flexibility index (Phi) is 6.65. The second-order valence-electron chi connectivity index (χ2n) is 5.05.